The van der Waals surface area contributed by atoms with Crippen LogP contribution in [0.3, 0.4) is 0 Å². The summed E-state index contributed by atoms with van der Waals surface area (Å²) in [5.41, 5.74) is 3.37. The maximum atomic E-state index is 12.2. The molecule has 0 aliphatic rings. The molecule has 0 aromatic heterocycles. The van der Waals surface area contributed by atoms with Gasteiger partial charge in [0.15, 0.2) is 0 Å². The largest absolute Gasteiger partial charge is 0.496 e. The molecule has 10 heteroatoms. The molecule has 7 nitrogen and oxygen atoms in total. The molecule has 1 N–H and O–H groups in total. The van der Waals surface area contributed by atoms with Gasteiger partial charge in [-0.2, -0.15) is 5.10 Å². The number of amides is 1. The third kappa shape index (κ3) is 6.33. The van der Waals surface area contributed by atoms with E-state index in [0.717, 1.165) is 19.5 Å². The van der Waals surface area contributed by atoms with E-state index in [1.165, 1.54) is 13.3 Å². The lowest BCUT2D eigenvalue weighted by Gasteiger charge is -2.21. The van der Waals surface area contributed by atoms with Crippen molar-refractivity contribution in [2.24, 2.45) is 5.10 Å². The topological polar surface area (TPSA) is 88.1 Å². The molecule has 1 amide bonds. The summed E-state index contributed by atoms with van der Waals surface area (Å²) < 4.78 is 31.9. The second-order valence-corrected chi connectivity index (χ2v) is 9.16. The highest BCUT2D eigenvalue weighted by atomic mass is 79.9. The van der Waals surface area contributed by atoms with Gasteiger partial charge in [-0.1, -0.05) is 31.9 Å². The van der Waals surface area contributed by atoms with Gasteiger partial charge in [-0.15, -0.1) is 0 Å². The standard InChI is InChI=1S/C17H17Br2N3O4S/c1-26-16-8-5-14(19)9-12(16)10-20-21-17(23)11-22(27(2,24)25)15-6-3-13(18)4-7-15/h3-10H,11H2,1-2H3,(H,21,23)/b20-10-. The Kier molecular flexibility index (Phi) is 7.40. The minimum Gasteiger partial charge on any atom is -0.496 e. The van der Waals surface area contributed by atoms with Gasteiger partial charge in [-0.3, -0.25) is 9.10 Å². The highest BCUT2D eigenvalue weighted by molar-refractivity contribution is 9.10. The molecule has 2 aromatic rings. The number of methoxy groups -OCH3 is 1. The predicted octanol–water partition coefficient (Wildman–Crippen LogP) is 3.14. The third-order valence-corrected chi connectivity index (χ3v) is 5.55. The van der Waals surface area contributed by atoms with Crippen molar-refractivity contribution in [1.29, 1.82) is 0 Å². The SMILES string of the molecule is COc1ccc(Br)cc1/C=N\NC(=O)CN(c1ccc(Br)cc1)S(C)(=O)=O. The molecule has 0 radical (unpaired) electrons. The molecule has 2 aromatic carbocycles. The van der Waals surface area contributed by atoms with Crippen LogP contribution in [-0.4, -0.2) is 40.4 Å². The van der Waals surface area contributed by atoms with E-state index in [1.54, 1.807) is 36.4 Å². The first-order valence-electron chi connectivity index (χ1n) is 7.59. The number of halogens is 2. The van der Waals surface area contributed by atoms with Crippen LogP contribution in [0.5, 0.6) is 5.75 Å². The van der Waals surface area contributed by atoms with E-state index in [0.29, 0.717) is 17.0 Å². The average molecular weight is 519 g/mol. The van der Waals surface area contributed by atoms with Crippen LogP contribution in [0, 0.1) is 0 Å². The van der Waals surface area contributed by atoms with Crippen LogP contribution in [0.15, 0.2) is 56.5 Å². The Bertz CT molecular complexity index is 947. The summed E-state index contributed by atoms with van der Waals surface area (Å²) in [5.74, 6) is 0.0115. The fourth-order valence-electron chi connectivity index (χ4n) is 2.15. The zero-order valence-corrected chi connectivity index (χ0v) is 18.5. The van der Waals surface area contributed by atoms with Crippen molar-refractivity contribution in [3.8, 4) is 5.75 Å². The summed E-state index contributed by atoms with van der Waals surface area (Å²) in [6, 6.07) is 12.0. The zero-order valence-electron chi connectivity index (χ0n) is 14.5. The van der Waals surface area contributed by atoms with Crippen LogP contribution in [0.2, 0.25) is 0 Å². The van der Waals surface area contributed by atoms with Crippen molar-refractivity contribution in [3.05, 3.63) is 57.0 Å². The van der Waals surface area contributed by atoms with Crippen LogP contribution in [0.25, 0.3) is 0 Å². The number of carbonyl (C=O) groups excluding carboxylic acids is 1. The summed E-state index contributed by atoms with van der Waals surface area (Å²) >= 11 is 6.64. The summed E-state index contributed by atoms with van der Waals surface area (Å²) in [6.07, 6.45) is 2.46. The lowest BCUT2D eigenvalue weighted by molar-refractivity contribution is -0.119. The van der Waals surface area contributed by atoms with E-state index < -0.39 is 22.5 Å². The van der Waals surface area contributed by atoms with Gasteiger partial charge >= 0.3 is 0 Å². The fourth-order valence-corrected chi connectivity index (χ4v) is 3.65. The normalized spacial score (nSPS) is 11.4. The molecular formula is C17H17Br2N3O4S. The van der Waals surface area contributed by atoms with Crippen LogP contribution >= 0.6 is 31.9 Å². The van der Waals surface area contributed by atoms with Crippen LogP contribution in [0.4, 0.5) is 5.69 Å². The Morgan fingerprint density at radius 2 is 1.81 bits per heavy atom. The molecule has 0 heterocycles. The number of sulfonamides is 1. The average Bonchev–Trinajstić information content (AvgIpc) is 2.60. The molecule has 2 rings (SSSR count). The number of benzene rings is 2. The number of rotatable bonds is 7. The predicted molar refractivity (Wildman–Crippen MR) is 113 cm³/mol. The van der Waals surface area contributed by atoms with Crippen LogP contribution in [0.1, 0.15) is 5.56 Å². The van der Waals surface area contributed by atoms with E-state index in [-0.39, 0.29) is 0 Å². The highest BCUT2D eigenvalue weighted by Gasteiger charge is 2.20. The monoisotopic (exact) mass is 517 g/mol. The summed E-state index contributed by atoms with van der Waals surface area (Å²) in [6.45, 7) is -0.395. The zero-order chi connectivity index (χ0) is 20.0. The maximum Gasteiger partial charge on any atom is 0.260 e. The number of nitrogens with one attached hydrogen (secondary N) is 1. The molecule has 27 heavy (non-hydrogen) atoms. The Morgan fingerprint density at radius 1 is 1.19 bits per heavy atom. The Morgan fingerprint density at radius 3 is 2.41 bits per heavy atom. The van der Waals surface area contributed by atoms with Crippen molar-refractivity contribution in [2.45, 2.75) is 0 Å². The first-order chi connectivity index (χ1) is 12.7. The molecule has 0 bridgehead atoms. The molecule has 144 valence electrons. The van der Waals surface area contributed by atoms with E-state index in [4.69, 9.17) is 4.74 Å². The number of carbonyl (C=O) groups is 1. The van der Waals surface area contributed by atoms with Gasteiger partial charge in [0, 0.05) is 14.5 Å². The minimum atomic E-state index is -3.64. The van der Waals surface area contributed by atoms with Crippen molar-refractivity contribution < 1.29 is 17.9 Å². The second kappa shape index (κ2) is 9.34. The second-order valence-electron chi connectivity index (χ2n) is 5.43. The number of nitrogens with zero attached hydrogens (tertiary/aromatic N) is 2. The third-order valence-electron chi connectivity index (χ3n) is 3.39. The van der Waals surface area contributed by atoms with Crippen molar-refractivity contribution in [2.75, 3.05) is 24.2 Å². The fraction of sp³-hybridized carbons (Fsp3) is 0.176. The molecule has 0 fully saturated rings. The maximum absolute atomic E-state index is 12.2. The van der Waals surface area contributed by atoms with Gasteiger partial charge in [-0.25, -0.2) is 13.8 Å². The molecule has 0 saturated heterocycles. The summed E-state index contributed by atoms with van der Waals surface area (Å²) in [4.78, 5) is 12.2. The lowest BCUT2D eigenvalue weighted by atomic mass is 10.2. The minimum absolute atomic E-state index is 0.383. The van der Waals surface area contributed by atoms with E-state index in [9.17, 15) is 13.2 Å². The summed E-state index contributed by atoms with van der Waals surface area (Å²) in [7, 11) is -2.11. The van der Waals surface area contributed by atoms with E-state index in [2.05, 4.69) is 42.4 Å². The molecule has 0 atom stereocenters. The Labute approximate surface area is 174 Å². The number of anilines is 1. The highest BCUT2D eigenvalue weighted by Crippen LogP contribution is 2.22. The van der Waals surface area contributed by atoms with Gasteiger partial charge in [0.2, 0.25) is 10.0 Å². The number of hydrogen-bond donors (Lipinski definition) is 1. The number of hydrazone groups is 1. The van der Waals surface area contributed by atoms with Gasteiger partial charge in [0.25, 0.3) is 5.91 Å². The van der Waals surface area contributed by atoms with Gasteiger partial charge in [0.05, 0.1) is 25.3 Å². The first-order valence-corrected chi connectivity index (χ1v) is 11.0. The van der Waals surface area contributed by atoms with Gasteiger partial charge in [-0.05, 0) is 42.5 Å². The Hall–Kier alpha value is -1.91. The number of hydrogen-bond acceptors (Lipinski definition) is 5. The van der Waals surface area contributed by atoms with Crippen molar-refractivity contribution in [1.82, 2.24) is 5.43 Å². The van der Waals surface area contributed by atoms with E-state index >= 15 is 0 Å². The lowest BCUT2D eigenvalue weighted by Crippen LogP contribution is -2.39. The van der Waals surface area contributed by atoms with Crippen LogP contribution < -0.4 is 14.5 Å². The van der Waals surface area contributed by atoms with E-state index in [1.807, 2.05) is 6.07 Å². The molecule has 0 aliphatic heterocycles. The van der Waals surface area contributed by atoms with Gasteiger partial charge in [0.1, 0.15) is 12.3 Å². The first kappa shape index (κ1) is 21.4. The van der Waals surface area contributed by atoms with Gasteiger partial charge < -0.3 is 4.74 Å². The summed E-state index contributed by atoms with van der Waals surface area (Å²) in [5, 5.41) is 3.88. The molecule has 0 saturated carbocycles. The molecule has 0 aliphatic carbocycles. The molecule has 0 unspecified atom stereocenters. The smallest absolute Gasteiger partial charge is 0.260 e. The Balaban J connectivity index is 2.10. The molecule has 0 spiro atoms. The van der Waals surface area contributed by atoms with Crippen molar-refractivity contribution in [3.63, 3.8) is 0 Å². The van der Waals surface area contributed by atoms with Crippen LogP contribution in [-0.2, 0) is 14.8 Å². The number of ether oxygens (including phenoxy) is 1. The quantitative estimate of drug-likeness (QED) is 0.450. The van der Waals surface area contributed by atoms with Crippen molar-refractivity contribution >= 4 is 59.7 Å². The molecular weight excluding hydrogens is 502 g/mol.